The van der Waals surface area contributed by atoms with E-state index in [0.29, 0.717) is 5.92 Å². The fourth-order valence-corrected chi connectivity index (χ4v) is 2.14. The Balaban J connectivity index is 2.36. The molecule has 2 rings (SSSR count). The van der Waals surface area contributed by atoms with Gasteiger partial charge in [0.1, 0.15) is 5.82 Å². The van der Waals surface area contributed by atoms with Crippen molar-refractivity contribution in [3.8, 4) is 0 Å². The summed E-state index contributed by atoms with van der Waals surface area (Å²) in [5, 5.41) is 0. The zero-order valence-electron chi connectivity index (χ0n) is 9.47. The Hall–Kier alpha value is -1.12. The van der Waals surface area contributed by atoms with E-state index in [4.69, 9.17) is 0 Å². The maximum atomic E-state index is 11.8. The largest absolute Gasteiger partial charge is 0.310 e. The lowest BCUT2D eigenvalue weighted by atomic mass is 9.97. The van der Waals surface area contributed by atoms with Crippen LogP contribution in [-0.2, 0) is 19.3 Å². The van der Waals surface area contributed by atoms with E-state index in [2.05, 4.69) is 23.8 Å². The molecule has 1 heterocycles. The maximum absolute atomic E-state index is 11.8. The molecule has 82 valence electrons. The van der Waals surface area contributed by atoms with Crippen LogP contribution in [0.4, 0.5) is 0 Å². The molecule has 3 nitrogen and oxygen atoms in total. The van der Waals surface area contributed by atoms with E-state index in [0.717, 1.165) is 42.8 Å². The van der Waals surface area contributed by atoms with Crippen molar-refractivity contribution >= 4 is 0 Å². The molecule has 0 aliphatic heterocycles. The summed E-state index contributed by atoms with van der Waals surface area (Å²) < 4.78 is 0. The Morgan fingerprint density at radius 3 is 2.80 bits per heavy atom. The molecule has 1 N–H and O–H groups in total. The Morgan fingerprint density at radius 1 is 1.33 bits per heavy atom. The van der Waals surface area contributed by atoms with Crippen molar-refractivity contribution in [1.29, 1.82) is 0 Å². The number of aromatic amines is 1. The van der Waals surface area contributed by atoms with Crippen molar-refractivity contribution in [1.82, 2.24) is 9.97 Å². The van der Waals surface area contributed by atoms with E-state index in [-0.39, 0.29) is 5.56 Å². The van der Waals surface area contributed by atoms with Crippen molar-refractivity contribution < 1.29 is 0 Å². The number of hydrogen-bond acceptors (Lipinski definition) is 2. The minimum atomic E-state index is 0.0929. The van der Waals surface area contributed by atoms with Crippen molar-refractivity contribution in [2.24, 2.45) is 5.92 Å². The van der Waals surface area contributed by atoms with Crippen LogP contribution in [0.3, 0.4) is 0 Å². The summed E-state index contributed by atoms with van der Waals surface area (Å²) in [7, 11) is 0. The Labute approximate surface area is 89.9 Å². The summed E-state index contributed by atoms with van der Waals surface area (Å²) in [6.45, 7) is 4.28. The molecule has 0 saturated heterocycles. The summed E-state index contributed by atoms with van der Waals surface area (Å²) in [6.07, 6.45) is 5.04. The average molecular weight is 206 g/mol. The molecular formula is C12H18N2O. The highest BCUT2D eigenvalue weighted by Crippen LogP contribution is 2.16. The van der Waals surface area contributed by atoms with Crippen molar-refractivity contribution in [3.05, 3.63) is 27.4 Å². The molecule has 1 aromatic rings. The van der Waals surface area contributed by atoms with E-state index in [9.17, 15) is 4.79 Å². The molecule has 0 unspecified atom stereocenters. The van der Waals surface area contributed by atoms with E-state index >= 15 is 0 Å². The smallest absolute Gasteiger partial charge is 0.254 e. The van der Waals surface area contributed by atoms with Gasteiger partial charge in [-0.05, 0) is 31.6 Å². The minimum absolute atomic E-state index is 0.0929. The van der Waals surface area contributed by atoms with E-state index in [1.165, 1.54) is 6.42 Å². The minimum Gasteiger partial charge on any atom is -0.310 e. The van der Waals surface area contributed by atoms with Gasteiger partial charge in [-0.25, -0.2) is 4.98 Å². The summed E-state index contributed by atoms with van der Waals surface area (Å²) in [5.74, 6) is 1.39. The molecule has 0 saturated carbocycles. The van der Waals surface area contributed by atoms with Crippen LogP contribution in [0, 0.1) is 5.92 Å². The van der Waals surface area contributed by atoms with Crippen LogP contribution in [0.2, 0.25) is 0 Å². The van der Waals surface area contributed by atoms with Gasteiger partial charge in [-0.1, -0.05) is 13.8 Å². The molecule has 3 heteroatoms. The molecule has 0 fully saturated rings. The van der Waals surface area contributed by atoms with Gasteiger partial charge in [0.05, 0.1) is 5.69 Å². The summed E-state index contributed by atoms with van der Waals surface area (Å²) in [4.78, 5) is 19.2. The zero-order chi connectivity index (χ0) is 10.8. The van der Waals surface area contributed by atoms with Crippen molar-refractivity contribution in [2.45, 2.75) is 46.0 Å². The molecule has 1 aromatic heterocycles. The van der Waals surface area contributed by atoms with Gasteiger partial charge in [0.25, 0.3) is 5.56 Å². The number of H-pyrrole nitrogens is 1. The molecule has 0 radical (unpaired) electrons. The molecule has 1 aliphatic carbocycles. The molecule has 1 aliphatic rings. The number of aromatic nitrogens is 2. The van der Waals surface area contributed by atoms with Crippen LogP contribution in [0.25, 0.3) is 0 Å². The number of fused-ring (bicyclic) bond motifs is 1. The monoisotopic (exact) mass is 206 g/mol. The van der Waals surface area contributed by atoms with Gasteiger partial charge in [0.2, 0.25) is 0 Å². The topological polar surface area (TPSA) is 45.8 Å². The Kier molecular flexibility index (Phi) is 2.89. The molecule has 0 aromatic carbocycles. The first-order valence-corrected chi connectivity index (χ1v) is 5.77. The quantitative estimate of drug-likeness (QED) is 0.802. The normalized spacial score (nSPS) is 15.4. The van der Waals surface area contributed by atoms with E-state index in [1.807, 2.05) is 0 Å². The first-order valence-electron chi connectivity index (χ1n) is 5.77. The van der Waals surface area contributed by atoms with Gasteiger partial charge in [0, 0.05) is 12.0 Å². The van der Waals surface area contributed by atoms with Crippen LogP contribution in [0.5, 0.6) is 0 Å². The van der Waals surface area contributed by atoms with Gasteiger partial charge in [-0.15, -0.1) is 0 Å². The standard InChI is InChI=1S/C12H18N2O/c1-8(2)7-11-13-10-6-4-3-5-9(10)12(15)14-11/h8H,3-7H2,1-2H3,(H,13,14,15). The first-order chi connectivity index (χ1) is 7.16. The van der Waals surface area contributed by atoms with Crippen molar-refractivity contribution in [2.75, 3.05) is 0 Å². The second-order valence-corrected chi connectivity index (χ2v) is 4.74. The van der Waals surface area contributed by atoms with Gasteiger partial charge < -0.3 is 4.98 Å². The third-order valence-corrected chi connectivity index (χ3v) is 2.84. The number of hydrogen-bond donors (Lipinski definition) is 1. The van der Waals surface area contributed by atoms with Gasteiger partial charge in [-0.3, -0.25) is 4.79 Å². The summed E-state index contributed by atoms with van der Waals surface area (Å²) in [6, 6.07) is 0. The molecule has 15 heavy (non-hydrogen) atoms. The van der Waals surface area contributed by atoms with Gasteiger partial charge in [-0.2, -0.15) is 0 Å². The average Bonchev–Trinajstić information content (AvgIpc) is 2.16. The zero-order valence-corrected chi connectivity index (χ0v) is 9.47. The van der Waals surface area contributed by atoms with Crippen LogP contribution < -0.4 is 5.56 Å². The van der Waals surface area contributed by atoms with E-state index < -0.39 is 0 Å². The van der Waals surface area contributed by atoms with Crippen molar-refractivity contribution in [3.63, 3.8) is 0 Å². The van der Waals surface area contributed by atoms with Crippen LogP contribution in [0.15, 0.2) is 4.79 Å². The van der Waals surface area contributed by atoms with Crippen LogP contribution in [0.1, 0.15) is 43.8 Å². The highest BCUT2D eigenvalue weighted by molar-refractivity contribution is 5.20. The van der Waals surface area contributed by atoms with Gasteiger partial charge in [0.15, 0.2) is 0 Å². The first kappa shape index (κ1) is 10.4. The SMILES string of the molecule is CC(C)Cc1nc2c(c(=O)[nH]1)CCCC2. The number of nitrogens with one attached hydrogen (secondary N) is 1. The lowest BCUT2D eigenvalue weighted by Gasteiger charge is -2.15. The molecule has 0 amide bonds. The second kappa shape index (κ2) is 4.17. The predicted molar refractivity (Wildman–Crippen MR) is 60.0 cm³/mol. The lowest BCUT2D eigenvalue weighted by Crippen LogP contribution is -2.23. The van der Waals surface area contributed by atoms with Gasteiger partial charge >= 0.3 is 0 Å². The lowest BCUT2D eigenvalue weighted by molar-refractivity contribution is 0.596. The fourth-order valence-electron chi connectivity index (χ4n) is 2.14. The van der Waals surface area contributed by atoms with Crippen LogP contribution in [-0.4, -0.2) is 9.97 Å². The Morgan fingerprint density at radius 2 is 2.07 bits per heavy atom. The number of aryl methyl sites for hydroxylation is 1. The summed E-state index contributed by atoms with van der Waals surface area (Å²) >= 11 is 0. The molecular weight excluding hydrogens is 188 g/mol. The van der Waals surface area contributed by atoms with Crippen LogP contribution >= 0.6 is 0 Å². The highest BCUT2D eigenvalue weighted by atomic mass is 16.1. The molecule has 0 spiro atoms. The fraction of sp³-hybridized carbons (Fsp3) is 0.667. The third kappa shape index (κ3) is 2.28. The Bertz CT molecular complexity index is 407. The van der Waals surface area contributed by atoms with E-state index in [1.54, 1.807) is 0 Å². The molecule has 0 atom stereocenters. The second-order valence-electron chi connectivity index (χ2n) is 4.74. The third-order valence-electron chi connectivity index (χ3n) is 2.84. The maximum Gasteiger partial charge on any atom is 0.254 e. The highest BCUT2D eigenvalue weighted by Gasteiger charge is 2.15. The number of rotatable bonds is 2. The number of nitrogens with zero attached hydrogens (tertiary/aromatic N) is 1. The molecule has 0 bridgehead atoms. The predicted octanol–water partition coefficient (Wildman–Crippen LogP) is 1.85. The summed E-state index contributed by atoms with van der Waals surface area (Å²) in [5.41, 5.74) is 2.06.